The molecule has 4 rings (SSSR count). The second-order valence-corrected chi connectivity index (χ2v) is 7.77. The van der Waals surface area contributed by atoms with Crippen molar-refractivity contribution in [2.24, 2.45) is 5.92 Å². The van der Waals surface area contributed by atoms with Gasteiger partial charge in [-0.1, -0.05) is 24.3 Å². The zero-order valence-corrected chi connectivity index (χ0v) is 14.9. The molecule has 7 heteroatoms. The van der Waals surface area contributed by atoms with Crippen LogP contribution in [0.25, 0.3) is 4.91 Å². The van der Waals surface area contributed by atoms with Crippen LogP contribution < -0.4 is 0 Å². The van der Waals surface area contributed by atoms with E-state index >= 15 is 4.39 Å². The van der Waals surface area contributed by atoms with Crippen molar-refractivity contribution >= 4 is 22.6 Å². The lowest BCUT2D eigenvalue weighted by atomic mass is 9.85. The van der Waals surface area contributed by atoms with E-state index in [-0.39, 0.29) is 30.2 Å². The van der Waals surface area contributed by atoms with Gasteiger partial charge in [-0.05, 0) is 6.07 Å². The highest BCUT2D eigenvalue weighted by molar-refractivity contribution is 8.08. The number of hydrogen-bond acceptors (Lipinski definition) is 3. The van der Waals surface area contributed by atoms with Gasteiger partial charge in [0.05, 0.1) is 12.1 Å². The number of carbonyl (C=O) groups is 1. The Morgan fingerprint density at radius 2 is 2.08 bits per heavy atom. The lowest BCUT2D eigenvalue weighted by Gasteiger charge is -2.37. The van der Waals surface area contributed by atoms with Crippen LogP contribution in [0, 0.1) is 11.7 Å². The molecule has 1 N–H and O–H groups in total. The van der Waals surface area contributed by atoms with Gasteiger partial charge in [0.15, 0.2) is 0 Å². The van der Waals surface area contributed by atoms with Crippen LogP contribution in [0.3, 0.4) is 0 Å². The van der Waals surface area contributed by atoms with E-state index in [0.717, 1.165) is 10.5 Å². The minimum atomic E-state index is -1.70. The van der Waals surface area contributed by atoms with E-state index in [4.69, 9.17) is 0 Å². The summed E-state index contributed by atoms with van der Waals surface area (Å²) < 4.78 is 29.2. The van der Waals surface area contributed by atoms with Gasteiger partial charge >= 0.3 is 0 Å². The Kier molecular flexibility index (Phi) is 4.56. The standard InChI is InChI=1S/C19H19F2N3OS/c20-16-4-2-1-3-15(16)19(21)5-7-24(8-6-19)18(25)13-9-17(26-12-13)14-10-22-23-11-14/h1-4,9-11,13H,5-8,12H2,(H,22,23). The quantitative estimate of drug-likeness (QED) is 0.889. The number of alkyl halides is 1. The number of thioether (sulfide) groups is 1. The normalized spacial score (nSPS) is 22.3. The van der Waals surface area contributed by atoms with Gasteiger partial charge in [-0.25, -0.2) is 8.78 Å². The first-order valence-corrected chi connectivity index (χ1v) is 9.62. The number of benzene rings is 1. The first-order chi connectivity index (χ1) is 12.6. The third-order valence-corrected chi connectivity index (χ3v) is 6.30. The Morgan fingerprint density at radius 3 is 2.77 bits per heavy atom. The Labute approximate surface area is 154 Å². The van der Waals surface area contributed by atoms with Crippen LogP contribution in [0.5, 0.6) is 0 Å². The molecule has 3 heterocycles. The predicted molar refractivity (Wildman–Crippen MR) is 97.5 cm³/mol. The fourth-order valence-electron chi connectivity index (χ4n) is 3.58. The minimum Gasteiger partial charge on any atom is -0.342 e. The van der Waals surface area contributed by atoms with E-state index in [1.165, 1.54) is 12.1 Å². The summed E-state index contributed by atoms with van der Waals surface area (Å²) in [5.41, 5.74) is -0.624. The van der Waals surface area contributed by atoms with Crippen molar-refractivity contribution in [1.29, 1.82) is 0 Å². The van der Waals surface area contributed by atoms with Crippen LogP contribution in [0.2, 0.25) is 0 Å². The van der Waals surface area contributed by atoms with E-state index in [1.807, 2.05) is 6.08 Å². The monoisotopic (exact) mass is 375 g/mol. The number of rotatable bonds is 3. The molecule has 4 nitrogen and oxygen atoms in total. The number of hydrogen-bond donors (Lipinski definition) is 1. The molecule has 2 aliphatic rings. The van der Waals surface area contributed by atoms with Crippen LogP contribution in [0.4, 0.5) is 8.78 Å². The topological polar surface area (TPSA) is 49.0 Å². The molecule has 0 bridgehead atoms. The summed E-state index contributed by atoms with van der Waals surface area (Å²) in [5, 5.41) is 6.70. The largest absolute Gasteiger partial charge is 0.342 e. The Balaban J connectivity index is 1.42. The molecule has 0 saturated carbocycles. The summed E-state index contributed by atoms with van der Waals surface area (Å²) >= 11 is 1.63. The second-order valence-electron chi connectivity index (χ2n) is 6.71. The first-order valence-electron chi connectivity index (χ1n) is 8.63. The lowest BCUT2D eigenvalue weighted by molar-refractivity contribution is -0.136. The van der Waals surface area contributed by atoms with Crippen LogP contribution in [0.15, 0.2) is 42.7 Å². The van der Waals surface area contributed by atoms with Gasteiger partial charge in [0.1, 0.15) is 11.5 Å². The maximum absolute atomic E-state index is 15.2. The molecule has 0 aliphatic carbocycles. The Bertz CT molecular complexity index is 829. The van der Waals surface area contributed by atoms with E-state index in [9.17, 15) is 9.18 Å². The predicted octanol–water partition coefficient (Wildman–Crippen LogP) is 3.74. The summed E-state index contributed by atoms with van der Waals surface area (Å²) in [7, 11) is 0. The van der Waals surface area contributed by atoms with Crippen molar-refractivity contribution in [3.63, 3.8) is 0 Å². The third kappa shape index (κ3) is 3.16. The molecule has 2 aromatic rings. The number of piperidine rings is 1. The molecule has 2 aliphatic heterocycles. The van der Waals surface area contributed by atoms with Gasteiger partial charge in [0, 0.05) is 53.9 Å². The molecule has 26 heavy (non-hydrogen) atoms. The third-order valence-electron chi connectivity index (χ3n) is 5.10. The van der Waals surface area contributed by atoms with Crippen molar-refractivity contribution in [1.82, 2.24) is 15.1 Å². The summed E-state index contributed by atoms with van der Waals surface area (Å²) in [4.78, 5) is 15.5. The molecule has 1 fully saturated rings. The highest BCUT2D eigenvalue weighted by Crippen LogP contribution is 2.40. The highest BCUT2D eigenvalue weighted by Gasteiger charge is 2.40. The number of carbonyl (C=O) groups excluding carboxylic acids is 1. The summed E-state index contributed by atoms with van der Waals surface area (Å²) in [6, 6.07) is 5.99. The minimum absolute atomic E-state index is 0.0200. The molecule has 1 unspecified atom stereocenters. The molecule has 0 spiro atoms. The van der Waals surface area contributed by atoms with Crippen LogP contribution >= 0.6 is 11.8 Å². The fraction of sp³-hybridized carbons (Fsp3) is 0.368. The van der Waals surface area contributed by atoms with Crippen LogP contribution in [-0.4, -0.2) is 39.8 Å². The smallest absolute Gasteiger partial charge is 0.230 e. The SMILES string of the molecule is O=C(C1C=C(c2cn[nH]c2)SC1)N1CCC(F)(c2ccccc2F)CC1. The molecule has 136 valence electrons. The number of amides is 1. The van der Waals surface area contributed by atoms with Gasteiger partial charge in [0.25, 0.3) is 0 Å². The molecular weight excluding hydrogens is 356 g/mol. The van der Waals surface area contributed by atoms with Crippen LogP contribution in [-0.2, 0) is 10.5 Å². The maximum atomic E-state index is 15.2. The van der Waals surface area contributed by atoms with Gasteiger partial charge in [-0.3, -0.25) is 9.89 Å². The van der Waals surface area contributed by atoms with Crippen molar-refractivity contribution in [2.45, 2.75) is 18.5 Å². The van der Waals surface area contributed by atoms with Crippen molar-refractivity contribution in [2.75, 3.05) is 18.8 Å². The lowest BCUT2D eigenvalue weighted by Crippen LogP contribution is -2.45. The molecule has 1 amide bonds. The van der Waals surface area contributed by atoms with E-state index in [0.29, 0.717) is 18.8 Å². The summed E-state index contributed by atoms with van der Waals surface area (Å²) in [6.45, 7) is 0.611. The van der Waals surface area contributed by atoms with E-state index < -0.39 is 11.5 Å². The summed E-state index contributed by atoms with van der Waals surface area (Å²) in [6.07, 6.45) is 5.75. The average molecular weight is 375 g/mol. The van der Waals surface area contributed by atoms with Gasteiger partial charge < -0.3 is 4.90 Å². The van der Waals surface area contributed by atoms with Crippen molar-refractivity contribution in [3.8, 4) is 0 Å². The average Bonchev–Trinajstić information content (AvgIpc) is 3.33. The number of halogens is 2. The van der Waals surface area contributed by atoms with E-state index in [1.54, 1.807) is 41.2 Å². The molecule has 1 aromatic heterocycles. The first kappa shape index (κ1) is 17.3. The molecule has 0 radical (unpaired) electrons. The molecule has 1 atom stereocenters. The van der Waals surface area contributed by atoms with Crippen LogP contribution in [0.1, 0.15) is 24.0 Å². The van der Waals surface area contributed by atoms with Gasteiger partial charge in [-0.2, -0.15) is 5.10 Å². The fourth-order valence-corrected chi connectivity index (χ4v) is 4.71. The van der Waals surface area contributed by atoms with Crippen molar-refractivity contribution < 1.29 is 13.6 Å². The maximum Gasteiger partial charge on any atom is 0.230 e. The number of aromatic amines is 1. The number of H-pyrrole nitrogens is 1. The van der Waals surface area contributed by atoms with Gasteiger partial charge in [-0.15, -0.1) is 11.8 Å². The second kappa shape index (κ2) is 6.87. The number of aromatic nitrogens is 2. The zero-order chi connectivity index (χ0) is 18.1. The Morgan fingerprint density at radius 1 is 1.31 bits per heavy atom. The molecule has 1 saturated heterocycles. The number of nitrogens with zero attached hydrogens (tertiary/aromatic N) is 2. The van der Waals surface area contributed by atoms with Crippen molar-refractivity contribution in [3.05, 3.63) is 59.7 Å². The number of nitrogens with one attached hydrogen (secondary N) is 1. The molecule has 1 aromatic carbocycles. The number of likely N-dealkylation sites (tertiary alicyclic amines) is 1. The van der Waals surface area contributed by atoms with E-state index in [2.05, 4.69) is 10.2 Å². The zero-order valence-electron chi connectivity index (χ0n) is 14.1. The molecular formula is C19H19F2N3OS. The highest BCUT2D eigenvalue weighted by atomic mass is 32.2. The Hall–Kier alpha value is -2.15. The summed E-state index contributed by atoms with van der Waals surface area (Å²) in [5.74, 6) is -0.0177. The van der Waals surface area contributed by atoms with Gasteiger partial charge in [0.2, 0.25) is 5.91 Å².